The zero-order valence-electron chi connectivity index (χ0n) is 12.3. The molecular weight excluding hydrogens is 262 g/mol. The van der Waals surface area contributed by atoms with Gasteiger partial charge in [-0.2, -0.15) is 5.26 Å². The molecule has 1 fully saturated rings. The van der Waals surface area contributed by atoms with Crippen molar-refractivity contribution in [2.75, 3.05) is 0 Å². The van der Waals surface area contributed by atoms with Crippen molar-refractivity contribution >= 4 is 11.8 Å². The number of rotatable bonds is 3. The van der Waals surface area contributed by atoms with Gasteiger partial charge >= 0.3 is 0 Å². The fourth-order valence-electron chi connectivity index (χ4n) is 3.97. The molecule has 1 nitrogen and oxygen atoms in total. The van der Waals surface area contributed by atoms with E-state index in [1.54, 1.807) is 0 Å². The third kappa shape index (κ3) is 2.74. The molecule has 2 heteroatoms. The number of hydrogen-bond donors (Lipinski definition) is 0. The van der Waals surface area contributed by atoms with Gasteiger partial charge in [-0.15, -0.1) is 11.8 Å². The maximum Gasteiger partial charge on any atom is 0.0690 e. The van der Waals surface area contributed by atoms with Gasteiger partial charge in [-0.3, -0.25) is 0 Å². The van der Waals surface area contributed by atoms with Crippen LogP contribution in [0.1, 0.15) is 51.0 Å². The van der Waals surface area contributed by atoms with Crippen LogP contribution >= 0.6 is 11.8 Å². The molecule has 20 heavy (non-hydrogen) atoms. The highest BCUT2D eigenvalue weighted by Gasteiger charge is 2.39. The van der Waals surface area contributed by atoms with Crippen LogP contribution < -0.4 is 0 Å². The zero-order valence-corrected chi connectivity index (χ0v) is 13.1. The van der Waals surface area contributed by atoms with Gasteiger partial charge in [0, 0.05) is 10.1 Å². The molecule has 0 amide bonds. The molecule has 3 unspecified atom stereocenters. The summed E-state index contributed by atoms with van der Waals surface area (Å²) in [5, 5.41) is 10.4. The molecule has 3 atom stereocenters. The van der Waals surface area contributed by atoms with E-state index in [0.717, 1.165) is 31.6 Å². The van der Waals surface area contributed by atoms with Gasteiger partial charge in [-0.1, -0.05) is 44.4 Å². The standard InChI is InChI=1S/C18H23NS/c1-2-14-6-5-9-18(11-14,13-19)12-16-10-15-7-3-4-8-17(15)20-16/h3-4,7-8,14,16H,2,5-6,9-12H2,1H3. The van der Waals surface area contributed by atoms with Crippen LogP contribution in [0.15, 0.2) is 29.2 Å². The highest BCUT2D eigenvalue weighted by Crippen LogP contribution is 2.48. The van der Waals surface area contributed by atoms with Gasteiger partial charge in [0.05, 0.1) is 11.5 Å². The molecule has 0 spiro atoms. The molecule has 1 saturated carbocycles. The van der Waals surface area contributed by atoms with E-state index in [9.17, 15) is 5.26 Å². The lowest BCUT2D eigenvalue weighted by molar-refractivity contribution is 0.182. The van der Waals surface area contributed by atoms with Gasteiger partial charge in [0.1, 0.15) is 0 Å². The maximum atomic E-state index is 9.77. The summed E-state index contributed by atoms with van der Waals surface area (Å²) in [6, 6.07) is 11.5. The lowest BCUT2D eigenvalue weighted by Crippen LogP contribution is -2.30. The van der Waals surface area contributed by atoms with Crippen molar-refractivity contribution in [3.05, 3.63) is 29.8 Å². The average molecular weight is 285 g/mol. The van der Waals surface area contributed by atoms with Crippen molar-refractivity contribution in [3.63, 3.8) is 0 Å². The normalized spacial score (nSPS) is 32.6. The smallest absolute Gasteiger partial charge is 0.0690 e. The summed E-state index contributed by atoms with van der Waals surface area (Å²) in [4.78, 5) is 1.44. The van der Waals surface area contributed by atoms with Crippen LogP contribution in [-0.4, -0.2) is 5.25 Å². The number of hydrogen-bond acceptors (Lipinski definition) is 2. The molecule has 0 aromatic heterocycles. The van der Waals surface area contributed by atoms with Crippen molar-refractivity contribution in [1.82, 2.24) is 0 Å². The summed E-state index contributed by atoms with van der Waals surface area (Å²) in [6.07, 6.45) is 8.30. The fraction of sp³-hybridized carbons (Fsp3) is 0.611. The summed E-state index contributed by atoms with van der Waals surface area (Å²) in [7, 11) is 0. The SMILES string of the molecule is CCC1CCCC(C#N)(CC2Cc3ccccc3S2)C1. The van der Waals surface area contributed by atoms with E-state index in [-0.39, 0.29) is 5.41 Å². The Hall–Kier alpha value is -0.940. The largest absolute Gasteiger partial charge is 0.198 e. The molecule has 106 valence electrons. The highest BCUT2D eigenvalue weighted by atomic mass is 32.2. The van der Waals surface area contributed by atoms with Crippen LogP contribution in [0, 0.1) is 22.7 Å². The molecule has 1 aliphatic carbocycles. The lowest BCUT2D eigenvalue weighted by atomic mass is 9.67. The minimum Gasteiger partial charge on any atom is -0.198 e. The van der Waals surface area contributed by atoms with Gasteiger partial charge in [-0.05, 0) is 43.2 Å². The van der Waals surface area contributed by atoms with Crippen molar-refractivity contribution in [1.29, 1.82) is 5.26 Å². The number of thioether (sulfide) groups is 1. The number of fused-ring (bicyclic) bond motifs is 1. The minimum atomic E-state index is -0.0430. The number of benzene rings is 1. The first-order chi connectivity index (χ1) is 9.74. The summed E-state index contributed by atoms with van der Waals surface area (Å²) < 4.78 is 0. The first-order valence-electron chi connectivity index (χ1n) is 7.90. The number of nitriles is 1. The molecule has 0 N–H and O–H groups in total. The van der Waals surface area contributed by atoms with Crippen molar-refractivity contribution in [3.8, 4) is 6.07 Å². The van der Waals surface area contributed by atoms with Gasteiger partial charge in [0.25, 0.3) is 0 Å². The second kappa shape index (κ2) is 5.82. The van der Waals surface area contributed by atoms with E-state index in [2.05, 4.69) is 37.3 Å². The predicted molar refractivity (Wildman–Crippen MR) is 84.7 cm³/mol. The van der Waals surface area contributed by atoms with E-state index in [1.807, 2.05) is 11.8 Å². The van der Waals surface area contributed by atoms with Crippen molar-refractivity contribution < 1.29 is 0 Å². The summed E-state index contributed by atoms with van der Waals surface area (Å²) in [6.45, 7) is 2.28. The Kier molecular flexibility index (Phi) is 4.08. The highest BCUT2D eigenvalue weighted by molar-refractivity contribution is 8.00. The summed E-state index contributed by atoms with van der Waals surface area (Å²) in [5.41, 5.74) is 1.44. The molecule has 2 aliphatic rings. The Bertz CT molecular complexity index is 493. The van der Waals surface area contributed by atoms with Crippen molar-refractivity contribution in [2.24, 2.45) is 11.3 Å². The number of nitrogens with zero attached hydrogens (tertiary/aromatic N) is 1. The average Bonchev–Trinajstić information content (AvgIpc) is 2.89. The molecule has 3 rings (SSSR count). The molecule has 1 aromatic carbocycles. The molecule has 1 aromatic rings. The maximum absolute atomic E-state index is 9.77. The Morgan fingerprint density at radius 3 is 3.00 bits per heavy atom. The van der Waals surface area contributed by atoms with Crippen molar-refractivity contribution in [2.45, 2.75) is 62.0 Å². The lowest BCUT2D eigenvalue weighted by Gasteiger charge is -2.37. The fourth-order valence-corrected chi connectivity index (χ4v) is 5.45. The topological polar surface area (TPSA) is 23.8 Å². The Morgan fingerprint density at radius 2 is 2.25 bits per heavy atom. The van der Waals surface area contributed by atoms with Gasteiger partial charge in [0.15, 0.2) is 0 Å². The third-order valence-electron chi connectivity index (χ3n) is 5.09. The van der Waals surface area contributed by atoms with E-state index in [0.29, 0.717) is 5.25 Å². The van der Waals surface area contributed by atoms with E-state index in [1.165, 1.54) is 29.7 Å². The molecular formula is C18H23NS. The van der Waals surface area contributed by atoms with E-state index in [4.69, 9.17) is 0 Å². The van der Waals surface area contributed by atoms with E-state index >= 15 is 0 Å². The monoisotopic (exact) mass is 285 g/mol. The van der Waals surface area contributed by atoms with Crippen LogP contribution in [-0.2, 0) is 6.42 Å². The second-order valence-corrected chi connectivity index (χ2v) is 7.86. The predicted octanol–water partition coefficient (Wildman–Crippen LogP) is 5.20. The summed E-state index contributed by atoms with van der Waals surface area (Å²) in [5.74, 6) is 0.775. The Balaban J connectivity index is 1.69. The quantitative estimate of drug-likeness (QED) is 0.761. The van der Waals surface area contributed by atoms with Crippen LogP contribution in [0.25, 0.3) is 0 Å². The van der Waals surface area contributed by atoms with Gasteiger partial charge < -0.3 is 0 Å². The van der Waals surface area contributed by atoms with Crippen LogP contribution in [0.2, 0.25) is 0 Å². The van der Waals surface area contributed by atoms with Gasteiger partial charge in [-0.25, -0.2) is 0 Å². The zero-order chi connectivity index (χ0) is 14.0. The first kappa shape index (κ1) is 14.0. The van der Waals surface area contributed by atoms with Crippen LogP contribution in [0.3, 0.4) is 0 Å². The Morgan fingerprint density at radius 1 is 1.40 bits per heavy atom. The molecule has 0 radical (unpaired) electrons. The molecule has 1 heterocycles. The molecule has 1 aliphatic heterocycles. The van der Waals surface area contributed by atoms with Gasteiger partial charge in [0.2, 0.25) is 0 Å². The Labute approximate surface area is 126 Å². The van der Waals surface area contributed by atoms with Crippen LogP contribution in [0.5, 0.6) is 0 Å². The molecule has 0 saturated heterocycles. The second-order valence-electron chi connectivity index (χ2n) is 6.52. The first-order valence-corrected chi connectivity index (χ1v) is 8.78. The molecule has 0 bridgehead atoms. The van der Waals surface area contributed by atoms with Crippen LogP contribution in [0.4, 0.5) is 0 Å². The van der Waals surface area contributed by atoms with E-state index < -0.39 is 0 Å². The minimum absolute atomic E-state index is 0.0430. The summed E-state index contributed by atoms with van der Waals surface area (Å²) >= 11 is 2.00. The third-order valence-corrected chi connectivity index (χ3v) is 6.41.